The second-order valence-corrected chi connectivity index (χ2v) is 6.32. The van der Waals surface area contributed by atoms with Gasteiger partial charge in [0.25, 0.3) is 0 Å². The summed E-state index contributed by atoms with van der Waals surface area (Å²) in [4.78, 5) is 47.8. The van der Waals surface area contributed by atoms with Crippen LogP contribution in [0.15, 0.2) is 24.3 Å². The van der Waals surface area contributed by atoms with Crippen molar-refractivity contribution in [2.24, 2.45) is 5.92 Å². The highest BCUT2D eigenvalue weighted by Gasteiger charge is 2.32. The van der Waals surface area contributed by atoms with Crippen LogP contribution in [-0.2, 0) is 35.1 Å². The molecule has 1 aromatic carbocycles. The molecule has 0 fully saturated rings. The monoisotopic (exact) mass is 396 g/mol. The molecule has 1 aromatic rings. The first-order valence-corrected chi connectivity index (χ1v) is 8.65. The van der Waals surface area contributed by atoms with E-state index in [1.165, 1.54) is 32.2 Å². The van der Waals surface area contributed by atoms with Crippen LogP contribution in [0.3, 0.4) is 0 Å². The first kappa shape index (κ1) is 23.1. The fourth-order valence-electron chi connectivity index (χ4n) is 2.62. The summed E-state index contributed by atoms with van der Waals surface area (Å²) >= 11 is 0. The van der Waals surface area contributed by atoms with Crippen molar-refractivity contribution in [3.8, 4) is 0 Å². The number of esters is 2. The maximum Gasteiger partial charge on any atom is 0.328 e. The van der Waals surface area contributed by atoms with Crippen molar-refractivity contribution in [3.63, 3.8) is 0 Å². The predicted octanol–water partition coefficient (Wildman–Crippen LogP) is 0.730. The molecule has 2 N–H and O–H groups in total. The van der Waals surface area contributed by atoms with Gasteiger partial charge in [0, 0.05) is 13.3 Å². The summed E-state index contributed by atoms with van der Waals surface area (Å²) < 4.78 is 23.2. The minimum absolute atomic E-state index is 0.114. The van der Waals surface area contributed by atoms with Crippen molar-refractivity contribution in [1.29, 1.82) is 0 Å². The van der Waals surface area contributed by atoms with E-state index in [9.17, 15) is 23.6 Å². The van der Waals surface area contributed by atoms with E-state index in [2.05, 4.69) is 15.4 Å². The van der Waals surface area contributed by atoms with Crippen LogP contribution < -0.4 is 10.6 Å². The summed E-state index contributed by atoms with van der Waals surface area (Å²) in [6.07, 6.45) is -0.244. The Labute approximate surface area is 162 Å². The molecule has 0 heterocycles. The van der Waals surface area contributed by atoms with Crippen LogP contribution >= 0.6 is 0 Å². The molecule has 154 valence electrons. The fourth-order valence-corrected chi connectivity index (χ4v) is 2.62. The lowest BCUT2D eigenvalue weighted by Crippen LogP contribution is -2.54. The van der Waals surface area contributed by atoms with Gasteiger partial charge in [-0.15, -0.1) is 0 Å². The highest BCUT2D eigenvalue weighted by atomic mass is 19.1. The number of carbonyl (C=O) groups is 4. The molecule has 0 radical (unpaired) electrons. The lowest BCUT2D eigenvalue weighted by Gasteiger charge is -2.25. The van der Waals surface area contributed by atoms with Gasteiger partial charge in [-0.1, -0.05) is 25.1 Å². The number of carbonyl (C=O) groups excluding carboxylic acids is 4. The third-order valence-electron chi connectivity index (χ3n) is 4.11. The molecule has 0 saturated heterocycles. The molecule has 8 nitrogen and oxygen atoms in total. The average molecular weight is 396 g/mol. The van der Waals surface area contributed by atoms with Crippen LogP contribution in [-0.4, -0.2) is 50.1 Å². The second-order valence-electron chi connectivity index (χ2n) is 6.32. The highest BCUT2D eigenvalue weighted by molar-refractivity contribution is 5.90. The molecule has 0 aromatic heterocycles. The smallest absolute Gasteiger partial charge is 0.328 e. The largest absolute Gasteiger partial charge is 0.469 e. The number of amides is 2. The van der Waals surface area contributed by atoms with E-state index < -0.39 is 47.6 Å². The van der Waals surface area contributed by atoms with Gasteiger partial charge in [-0.25, -0.2) is 9.18 Å². The quantitative estimate of drug-likeness (QED) is 0.596. The van der Waals surface area contributed by atoms with Crippen LogP contribution in [0.4, 0.5) is 4.39 Å². The third kappa shape index (κ3) is 6.98. The van der Waals surface area contributed by atoms with Crippen molar-refractivity contribution in [2.45, 2.75) is 38.8 Å². The van der Waals surface area contributed by atoms with Gasteiger partial charge < -0.3 is 20.1 Å². The van der Waals surface area contributed by atoms with E-state index in [1.807, 2.05) is 0 Å². The van der Waals surface area contributed by atoms with Gasteiger partial charge in [-0.2, -0.15) is 0 Å². The summed E-state index contributed by atoms with van der Waals surface area (Å²) in [6.45, 7) is 2.79. The standard InChI is InChI=1S/C19H25FN2O6/c1-11(9-16(24)27-3)17(19(26)28-4)22-18(25)15(21-12(2)23)10-13-7-5-6-8-14(13)20/h5-8,11,15,17H,9-10H2,1-4H3,(H,21,23)(H,22,25)/t11-,15-,17+/m0/s1. The number of ether oxygens (including phenoxy) is 2. The zero-order valence-electron chi connectivity index (χ0n) is 16.3. The average Bonchev–Trinajstić information content (AvgIpc) is 2.65. The van der Waals surface area contributed by atoms with E-state index in [0.29, 0.717) is 0 Å². The number of halogens is 1. The Balaban J connectivity index is 3.00. The summed E-state index contributed by atoms with van der Waals surface area (Å²) in [6, 6.07) is 3.59. The molecule has 0 bridgehead atoms. The molecule has 28 heavy (non-hydrogen) atoms. The Morgan fingerprint density at radius 2 is 1.71 bits per heavy atom. The van der Waals surface area contributed by atoms with E-state index in [0.717, 1.165) is 7.11 Å². The summed E-state index contributed by atoms with van der Waals surface area (Å²) in [7, 11) is 2.36. The zero-order chi connectivity index (χ0) is 21.3. The first-order valence-electron chi connectivity index (χ1n) is 8.65. The number of methoxy groups -OCH3 is 2. The number of hydrogen-bond donors (Lipinski definition) is 2. The predicted molar refractivity (Wildman–Crippen MR) is 97.5 cm³/mol. The van der Waals surface area contributed by atoms with E-state index >= 15 is 0 Å². The minimum Gasteiger partial charge on any atom is -0.469 e. The number of rotatable bonds is 9. The van der Waals surface area contributed by atoms with Crippen LogP contribution in [0.25, 0.3) is 0 Å². The molecule has 2 amide bonds. The maximum atomic E-state index is 13.9. The molecule has 0 spiro atoms. The Morgan fingerprint density at radius 3 is 2.25 bits per heavy atom. The molecular weight excluding hydrogens is 371 g/mol. The van der Waals surface area contributed by atoms with E-state index in [-0.39, 0.29) is 18.4 Å². The zero-order valence-corrected chi connectivity index (χ0v) is 16.3. The number of hydrogen-bond acceptors (Lipinski definition) is 6. The van der Waals surface area contributed by atoms with Crippen molar-refractivity contribution in [2.75, 3.05) is 14.2 Å². The Kier molecular flexibility index (Phi) is 9.07. The second kappa shape index (κ2) is 11.0. The van der Waals surface area contributed by atoms with Gasteiger partial charge in [0.1, 0.15) is 17.9 Å². The Hall–Kier alpha value is -2.97. The minimum atomic E-state index is -1.14. The Morgan fingerprint density at radius 1 is 1.07 bits per heavy atom. The van der Waals surface area contributed by atoms with Crippen LogP contribution in [0.2, 0.25) is 0 Å². The molecule has 0 unspecified atom stereocenters. The van der Waals surface area contributed by atoms with Crippen LogP contribution in [0, 0.1) is 11.7 Å². The van der Waals surface area contributed by atoms with Gasteiger partial charge in [0.15, 0.2) is 0 Å². The third-order valence-corrected chi connectivity index (χ3v) is 4.11. The van der Waals surface area contributed by atoms with Gasteiger partial charge in [-0.3, -0.25) is 14.4 Å². The SMILES string of the molecule is COC(=O)C[C@H](C)[C@@H](NC(=O)[C@H](Cc1ccccc1F)NC(C)=O)C(=O)OC. The molecule has 3 atom stereocenters. The van der Waals surface area contributed by atoms with E-state index in [4.69, 9.17) is 4.74 Å². The van der Waals surface area contributed by atoms with E-state index in [1.54, 1.807) is 13.0 Å². The van der Waals surface area contributed by atoms with Gasteiger partial charge in [0.05, 0.1) is 20.6 Å². The molecule has 1 rings (SSSR count). The maximum absolute atomic E-state index is 13.9. The fraction of sp³-hybridized carbons (Fsp3) is 0.474. The van der Waals surface area contributed by atoms with Crippen molar-refractivity contribution in [1.82, 2.24) is 10.6 Å². The summed E-state index contributed by atoms with van der Waals surface area (Å²) in [5.41, 5.74) is 0.230. The van der Waals surface area contributed by atoms with Crippen molar-refractivity contribution >= 4 is 23.8 Å². The topological polar surface area (TPSA) is 111 Å². The molecular formula is C19H25FN2O6. The number of benzene rings is 1. The lowest BCUT2D eigenvalue weighted by molar-refractivity contribution is -0.148. The van der Waals surface area contributed by atoms with Crippen molar-refractivity contribution in [3.05, 3.63) is 35.6 Å². The molecule has 0 aliphatic heterocycles. The highest BCUT2D eigenvalue weighted by Crippen LogP contribution is 2.13. The molecule has 0 aliphatic rings. The van der Waals surface area contributed by atoms with Gasteiger partial charge in [0.2, 0.25) is 11.8 Å². The summed E-state index contributed by atoms with van der Waals surface area (Å²) in [5, 5.41) is 4.93. The summed E-state index contributed by atoms with van der Waals surface area (Å²) in [5.74, 6) is -3.65. The van der Waals surface area contributed by atoms with Gasteiger partial charge >= 0.3 is 11.9 Å². The number of nitrogens with one attached hydrogen (secondary N) is 2. The molecule has 0 saturated carbocycles. The normalized spacial score (nSPS) is 13.6. The molecule has 0 aliphatic carbocycles. The lowest BCUT2D eigenvalue weighted by atomic mass is 9.97. The van der Waals surface area contributed by atoms with Crippen LogP contribution in [0.1, 0.15) is 25.8 Å². The van der Waals surface area contributed by atoms with Crippen LogP contribution in [0.5, 0.6) is 0 Å². The molecule has 9 heteroatoms. The van der Waals surface area contributed by atoms with Gasteiger partial charge in [-0.05, 0) is 17.5 Å². The first-order chi connectivity index (χ1) is 13.2. The van der Waals surface area contributed by atoms with Crippen molar-refractivity contribution < 1.29 is 33.0 Å². The Bertz CT molecular complexity index is 724.